The Bertz CT molecular complexity index is 1140. The topological polar surface area (TPSA) is 98.5 Å². The van der Waals surface area contributed by atoms with E-state index >= 15 is 0 Å². The monoisotopic (exact) mass is 679 g/mol. The molecule has 0 bridgehead atoms. The molecule has 3 fully saturated rings. The van der Waals surface area contributed by atoms with E-state index in [1.54, 1.807) is 11.6 Å². The quantitative estimate of drug-likeness (QED) is 0.108. The zero-order valence-electron chi connectivity index (χ0n) is 32.1. The molecule has 6 heteroatoms. The Hall–Kier alpha value is -3.15. The van der Waals surface area contributed by atoms with E-state index < -0.39 is 5.91 Å². The second-order valence-corrected chi connectivity index (χ2v) is 14.1. The fraction of sp³-hybridized carbons (Fsp3) is 0.651. The molecule has 0 radical (unpaired) electrons. The Morgan fingerprint density at radius 3 is 2.18 bits per heavy atom. The van der Waals surface area contributed by atoms with Gasteiger partial charge in [0.05, 0.1) is 6.26 Å². The number of nitrogens with two attached hydrogens (primary N) is 1. The van der Waals surface area contributed by atoms with Gasteiger partial charge >= 0.3 is 0 Å². The Kier molecular flexibility index (Phi) is 23.1. The maximum atomic E-state index is 12.8. The van der Waals surface area contributed by atoms with Gasteiger partial charge < -0.3 is 20.6 Å². The van der Waals surface area contributed by atoms with Crippen LogP contribution in [-0.4, -0.2) is 18.6 Å². The predicted molar refractivity (Wildman–Crippen MR) is 206 cm³/mol. The largest absolute Gasteiger partial charge is 0.469 e. The van der Waals surface area contributed by atoms with Gasteiger partial charge in [-0.2, -0.15) is 0 Å². The van der Waals surface area contributed by atoms with E-state index in [1.165, 1.54) is 57.3 Å². The Morgan fingerprint density at radius 1 is 1.02 bits per heavy atom. The standard InChI is InChI=1S/C31H44N2O3.C9H18.C2H6.CH2O/c1-5-29(25-14-15-25)36-19-18-31(35)33-28(16-17-30(32)34)27(20-21(2)3)24-12-10-23(11-13-24)26-9-7-6-8-22(26)4;1-2-3-6-9-7-4-5-8-9;2*1-2/h5-7,9,16,18-25H,8,10-15,17H2,1-4H3,(H2,32,34)(H,33,35);9H,2-8H2,1H3;1-2H3;1H2/b19-18+,27-20-,28-16+,29-5-;;;. The number of amides is 2. The second-order valence-electron chi connectivity index (χ2n) is 14.1. The van der Waals surface area contributed by atoms with Crippen LogP contribution in [0.5, 0.6) is 0 Å². The molecule has 0 aromatic heterocycles. The minimum Gasteiger partial charge on any atom is -0.469 e. The van der Waals surface area contributed by atoms with Crippen molar-refractivity contribution in [1.82, 2.24) is 5.32 Å². The van der Waals surface area contributed by atoms with E-state index in [-0.39, 0.29) is 12.3 Å². The van der Waals surface area contributed by atoms with Crippen LogP contribution in [0.3, 0.4) is 0 Å². The first kappa shape index (κ1) is 43.9. The smallest absolute Gasteiger partial charge is 0.251 e. The summed E-state index contributed by atoms with van der Waals surface area (Å²) in [6, 6.07) is 0. The summed E-state index contributed by atoms with van der Waals surface area (Å²) in [5.74, 6) is 3.72. The maximum Gasteiger partial charge on any atom is 0.251 e. The van der Waals surface area contributed by atoms with Crippen LogP contribution < -0.4 is 11.1 Å². The number of unbranched alkanes of at least 4 members (excludes halogenated alkanes) is 1. The van der Waals surface area contributed by atoms with Crippen LogP contribution in [0, 0.1) is 35.5 Å². The van der Waals surface area contributed by atoms with Gasteiger partial charge in [0, 0.05) is 24.1 Å². The van der Waals surface area contributed by atoms with Gasteiger partial charge in [0.25, 0.3) is 5.91 Å². The highest BCUT2D eigenvalue weighted by Gasteiger charge is 2.30. The summed E-state index contributed by atoms with van der Waals surface area (Å²) in [6.45, 7) is 16.8. The molecule has 0 aromatic carbocycles. The second kappa shape index (κ2) is 25.8. The average Bonchev–Trinajstić information content (AvgIpc) is 3.82. The number of rotatable bonds is 14. The molecule has 3 N–H and O–H groups in total. The highest BCUT2D eigenvalue weighted by Crippen LogP contribution is 2.42. The van der Waals surface area contributed by atoms with Crippen LogP contribution in [-0.2, 0) is 19.1 Å². The molecule has 4 aliphatic rings. The molecule has 0 spiro atoms. The van der Waals surface area contributed by atoms with Gasteiger partial charge in [0.1, 0.15) is 12.5 Å². The van der Waals surface area contributed by atoms with E-state index in [0.717, 1.165) is 62.2 Å². The highest BCUT2D eigenvalue weighted by atomic mass is 16.5. The van der Waals surface area contributed by atoms with E-state index in [4.69, 9.17) is 15.3 Å². The zero-order chi connectivity index (χ0) is 36.6. The number of carbonyl (C=O) groups is 3. The first-order valence-electron chi connectivity index (χ1n) is 19.4. The number of hydrogen-bond donors (Lipinski definition) is 2. The number of nitrogens with one attached hydrogen (secondary N) is 1. The van der Waals surface area contributed by atoms with Crippen molar-refractivity contribution >= 4 is 18.6 Å². The third-order valence-corrected chi connectivity index (χ3v) is 9.84. The van der Waals surface area contributed by atoms with Crippen molar-refractivity contribution in [1.29, 1.82) is 0 Å². The maximum absolute atomic E-state index is 12.8. The van der Waals surface area contributed by atoms with Crippen LogP contribution in [0.25, 0.3) is 0 Å². The summed E-state index contributed by atoms with van der Waals surface area (Å²) < 4.78 is 5.69. The van der Waals surface area contributed by atoms with Crippen molar-refractivity contribution in [2.24, 2.45) is 41.2 Å². The average molecular weight is 679 g/mol. The van der Waals surface area contributed by atoms with Gasteiger partial charge in [-0.3, -0.25) is 9.59 Å². The van der Waals surface area contributed by atoms with Gasteiger partial charge in [0.2, 0.25) is 5.91 Å². The summed E-state index contributed by atoms with van der Waals surface area (Å²) in [4.78, 5) is 32.4. The molecule has 2 amide bonds. The predicted octanol–water partition coefficient (Wildman–Crippen LogP) is 10.8. The number of ether oxygens (including phenoxy) is 1. The van der Waals surface area contributed by atoms with Crippen LogP contribution >= 0.6 is 0 Å². The molecule has 0 aromatic rings. The fourth-order valence-corrected chi connectivity index (χ4v) is 7.20. The third kappa shape index (κ3) is 17.4. The van der Waals surface area contributed by atoms with Crippen LogP contribution in [0.4, 0.5) is 0 Å². The highest BCUT2D eigenvalue weighted by molar-refractivity contribution is 5.89. The van der Waals surface area contributed by atoms with E-state index in [1.807, 2.05) is 33.6 Å². The Labute approximate surface area is 299 Å². The summed E-state index contributed by atoms with van der Waals surface area (Å²) in [6.07, 6.45) is 33.9. The van der Waals surface area contributed by atoms with Crippen LogP contribution in [0.15, 0.2) is 71.4 Å². The lowest BCUT2D eigenvalue weighted by Gasteiger charge is -2.35. The van der Waals surface area contributed by atoms with Crippen LogP contribution in [0.2, 0.25) is 0 Å². The summed E-state index contributed by atoms with van der Waals surface area (Å²) in [7, 11) is 0. The third-order valence-electron chi connectivity index (χ3n) is 9.84. The minimum absolute atomic E-state index is 0.0851. The summed E-state index contributed by atoms with van der Waals surface area (Å²) in [5.41, 5.74) is 8.86. The lowest BCUT2D eigenvalue weighted by Crippen LogP contribution is -2.28. The number of allylic oxidation sites excluding steroid dienone is 8. The van der Waals surface area contributed by atoms with Crippen molar-refractivity contribution in [3.05, 3.63) is 71.4 Å². The zero-order valence-corrected chi connectivity index (χ0v) is 32.1. The van der Waals surface area contributed by atoms with E-state index in [2.05, 4.69) is 57.3 Å². The van der Waals surface area contributed by atoms with Crippen molar-refractivity contribution in [2.75, 3.05) is 0 Å². The molecule has 0 heterocycles. The Morgan fingerprint density at radius 2 is 1.65 bits per heavy atom. The molecule has 1 atom stereocenters. The van der Waals surface area contributed by atoms with Crippen molar-refractivity contribution in [3.8, 4) is 0 Å². The first-order chi connectivity index (χ1) is 23.7. The number of primary amides is 1. The molecular formula is C43H70N2O4. The molecule has 6 nitrogen and oxygen atoms in total. The van der Waals surface area contributed by atoms with Gasteiger partial charge in [0.15, 0.2) is 0 Å². The Balaban J connectivity index is 0.000000782. The molecule has 4 rings (SSSR count). The lowest BCUT2D eigenvalue weighted by molar-refractivity contribution is -0.117. The number of hydrogen-bond acceptors (Lipinski definition) is 4. The van der Waals surface area contributed by atoms with E-state index in [9.17, 15) is 9.59 Å². The van der Waals surface area contributed by atoms with Gasteiger partial charge in [-0.25, -0.2) is 0 Å². The van der Waals surface area contributed by atoms with Gasteiger partial charge in [-0.1, -0.05) is 122 Å². The SMILES string of the molecule is C/C=C(\O/C=C/C(=O)NC(=C/CC(N)=O)/C(=C\C(C)C)C1CCC(C2=CC=CCC2C)CC1)C1CC1.C=O.CC.CCCCC1CCCC1. The molecule has 0 saturated heterocycles. The first-order valence-corrected chi connectivity index (χ1v) is 19.4. The normalized spacial score (nSPS) is 23.0. The molecule has 1 unspecified atom stereocenters. The molecule has 49 heavy (non-hydrogen) atoms. The lowest BCUT2D eigenvalue weighted by atomic mass is 9.71. The summed E-state index contributed by atoms with van der Waals surface area (Å²) in [5, 5.41) is 3.03. The van der Waals surface area contributed by atoms with Crippen molar-refractivity contribution < 1.29 is 19.1 Å². The number of carbonyl (C=O) groups excluding carboxylic acids is 3. The molecule has 276 valence electrons. The molecular weight excluding hydrogens is 608 g/mol. The van der Waals surface area contributed by atoms with Crippen molar-refractivity contribution in [3.63, 3.8) is 0 Å². The van der Waals surface area contributed by atoms with Gasteiger partial charge in [-0.15, -0.1) is 0 Å². The van der Waals surface area contributed by atoms with Crippen molar-refractivity contribution in [2.45, 2.75) is 145 Å². The van der Waals surface area contributed by atoms with Crippen LogP contribution in [0.1, 0.15) is 145 Å². The molecule has 0 aliphatic heterocycles. The minimum atomic E-state index is -0.415. The molecule has 4 aliphatic carbocycles. The van der Waals surface area contributed by atoms with Gasteiger partial charge in [-0.05, 0) is 93.1 Å². The van der Waals surface area contributed by atoms with E-state index in [0.29, 0.717) is 35.3 Å². The molecule has 3 saturated carbocycles. The fourth-order valence-electron chi connectivity index (χ4n) is 7.20. The summed E-state index contributed by atoms with van der Waals surface area (Å²) >= 11 is 0.